The van der Waals surface area contributed by atoms with Gasteiger partial charge < -0.3 is 19.7 Å². The molecule has 0 saturated carbocycles. The molecule has 2 heterocycles. The summed E-state index contributed by atoms with van der Waals surface area (Å²) < 4.78 is 7.37. The van der Waals surface area contributed by atoms with Gasteiger partial charge in [-0.1, -0.05) is 59.3 Å². The Labute approximate surface area is 202 Å². The van der Waals surface area contributed by atoms with Gasteiger partial charge in [0.05, 0.1) is 6.33 Å². The molecular formula is C27H24N6O2. The molecule has 5 rings (SSSR count). The number of nitrogens with one attached hydrogen (secondary N) is 2. The van der Waals surface area contributed by atoms with Crippen molar-refractivity contribution in [2.75, 3.05) is 10.6 Å². The Kier molecular flexibility index (Phi) is 6.09. The molecule has 0 radical (unpaired) electrons. The second-order valence-electron chi connectivity index (χ2n) is 8.31. The largest absolute Gasteiger partial charge is 0.332 e. The molecule has 0 bridgehead atoms. The fraction of sp³-hybridized carbons (Fsp3) is 0.111. The number of rotatable bonds is 6. The fourth-order valence-electron chi connectivity index (χ4n) is 3.69. The van der Waals surface area contributed by atoms with Crippen LogP contribution in [0.2, 0.25) is 0 Å². The van der Waals surface area contributed by atoms with Crippen molar-refractivity contribution in [1.29, 1.82) is 0 Å². The number of anilines is 2. The van der Waals surface area contributed by atoms with Gasteiger partial charge in [0.15, 0.2) is 0 Å². The summed E-state index contributed by atoms with van der Waals surface area (Å²) in [4.78, 5) is 21.2. The molecule has 174 valence electrons. The van der Waals surface area contributed by atoms with Crippen molar-refractivity contribution in [3.05, 3.63) is 102 Å². The minimum Gasteiger partial charge on any atom is -0.332 e. The lowest BCUT2D eigenvalue weighted by Crippen LogP contribution is -2.19. The Bertz CT molecular complexity index is 1470. The highest BCUT2D eigenvalue weighted by Gasteiger charge is 2.13. The minimum absolute atomic E-state index is 0.282. The molecule has 0 aliphatic carbocycles. The van der Waals surface area contributed by atoms with Crippen molar-refractivity contribution in [2.24, 2.45) is 0 Å². The monoisotopic (exact) mass is 464 g/mol. The number of nitrogens with zero attached hydrogens (tertiary/aromatic N) is 4. The average molecular weight is 465 g/mol. The summed E-state index contributed by atoms with van der Waals surface area (Å²) in [5, 5.41) is 9.81. The predicted octanol–water partition coefficient (Wildman–Crippen LogP) is 5.91. The summed E-state index contributed by atoms with van der Waals surface area (Å²) in [6.07, 6.45) is 3.60. The first kappa shape index (κ1) is 22.1. The summed E-state index contributed by atoms with van der Waals surface area (Å²) in [5.74, 6) is 0.910. The highest BCUT2D eigenvalue weighted by atomic mass is 16.5. The Morgan fingerprint density at radius 1 is 0.971 bits per heavy atom. The van der Waals surface area contributed by atoms with E-state index in [1.54, 1.807) is 6.33 Å². The number of amides is 2. The lowest BCUT2D eigenvalue weighted by molar-refractivity contribution is 0.262. The van der Waals surface area contributed by atoms with Gasteiger partial charge in [-0.3, -0.25) is 0 Å². The molecular weight excluding hydrogens is 440 g/mol. The third-order valence-electron chi connectivity index (χ3n) is 5.52. The van der Waals surface area contributed by atoms with Crippen molar-refractivity contribution in [3.63, 3.8) is 0 Å². The van der Waals surface area contributed by atoms with E-state index < -0.39 is 0 Å². The number of hydrogen-bond acceptors (Lipinski definition) is 5. The van der Waals surface area contributed by atoms with Crippen LogP contribution >= 0.6 is 0 Å². The van der Waals surface area contributed by atoms with Crippen LogP contribution < -0.4 is 10.6 Å². The Hall–Kier alpha value is -4.72. The third-order valence-corrected chi connectivity index (χ3v) is 5.52. The van der Waals surface area contributed by atoms with E-state index in [1.807, 2.05) is 97.4 Å². The average Bonchev–Trinajstić information content (AvgIpc) is 3.52. The number of carbonyl (C=O) groups excluding carboxylic acids is 1. The van der Waals surface area contributed by atoms with Gasteiger partial charge >= 0.3 is 6.03 Å². The molecule has 8 heteroatoms. The molecule has 0 spiro atoms. The fourth-order valence-corrected chi connectivity index (χ4v) is 3.69. The van der Waals surface area contributed by atoms with Crippen LogP contribution in [0.4, 0.5) is 16.2 Å². The van der Waals surface area contributed by atoms with Crippen molar-refractivity contribution in [3.8, 4) is 23.0 Å². The number of para-hydroxylation sites is 1. The molecule has 0 aliphatic rings. The van der Waals surface area contributed by atoms with Crippen molar-refractivity contribution >= 4 is 17.4 Å². The van der Waals surface area contributed by atoms with Gasteiger partial charge in [-0.15, -0.1) is 0 Å². The number of benzene rings is 3. The first-order chi connectivity index (χ1) is 17.0. The number of hydrogen-bond donors (Lipinski definition) is 2. The summed E-state index contributed by atoms with van der Waals surface area (Å²) in [6.45, 7) is 4.59. The predicted molar refractivity (Wildman–Crippen MR) is 135 cm³/mol. The van der Waals surface area contributed by atoms with Crippen LogP contribution in [0.3, 0.4) is 0 Å². The Morgan fingerprint density at radius 3 is 2.60 bits per heavy atom. The van der Waals surface area contributed by atoms with E-state index in [9.17, 15) is 4.79 Å². The Morgan fingerprint density at radius 2 is 1.80 bits per heavy atom. The lowest BCUT2D eigenvalue weighted by atomic mass is 10.1. The van der Waals surface area contributed by atoms with Gasteiger partial charge in [-0.2, -0.15) is 4.98 Å². The van der Waals surface area contributed by atoms with Crippen LogP contribution in [0.5, 0.6) is 0 Å². The smallest absolute Gasteiger partial charge is 0.323 e. The topological polar surface area (TPSA) is 97.9 Å². The van der Waals surface area contributed by atoms with Crippen LogP contribution in [0.15, 0.2) is 89.8 Å². The molecule has 0 unspecified atom stereocenters. The van der Waals surface area contributed by atoms with Crippen LogP contribution in [0.1, 0.15) is 16.7 Å². The molecule has 5 aromatic rings. The number of aryl methyl sites for hydroxylation is 2. The van der Waals surface area contributed by atoms with E-state index in [1.165, 1.54) is 0 Å². The van der Waals surface area contributed by atoms with Crippen LogP contribution in [0, 0.1) is 13.8 Å². The van der Waals surface area contributed by atoms with Crippen LogP contribution in [-0.2, 0) is 6.54 Å². The zero-order valence-corrected chi connectivity index (χ0v) is 19.4. The molecule has 0 saturated heterocycles. The van der Waals surface area contributed by atoms with Crippen LogP contribution in [0.25, 0.3) is 23.0 Å². The summed E-state index contributed by atoms with van der Waals surface area (Å²) in [5.41, 5.74) is 6.20. The highest BCUT2D eigenvalue weighted by Crippen LogP contribution is 2.22. The van der Waals surface area contributed by atoms with Crippen molar-refractivity contribution < 1.29 is 9.32 Å². The number of urea groups is 1. The van der Waals surface area contributed by atoms with Gasteiger partial charge in [0, 0.05) is 29.7 Å². The maximum absolute atomic E-state index is 12.3. The van der Waals surface area contributed by atoms with Crippen LogP contribution in [-0.4, -0.2) is 25.7 Å². The van der Waals surface area contributed by atoms with E-state index in [-0.39, 0.29) is 6.03 Å². The van der Waals surface area contributed by atoms with E-state index in [2.05, 4.69) is 25.8 Å². The van der Waals surface area contributed by atoms with Gasteiger partial charge in [-0.05, 0) is 49.2 Å². The summed E-state index contributed by atoms with van der Waals surface area (Å²) >= 11 is 0. The number of carbonyl (C=O) groups is 1. The van der Waals surface area contributed by atoms with E-state index >= 15 is 0 Å². The van der Waals surface area contributed by atoms with Crippen molar-refractivity contribution in [2.45, 2.75) is 20.4 Å². The van der Waals surface area contributed by atoms with Crippen molar-refractivity contribution in [1.82, 2.24) is 19.7 Å². The number of aromatic nitrogens is 4. The molecule has 2 aromatic heterocycles. The standard InChI is InChI=1S/C27H24N6O2/c1-18-6-5-8-21(14-18)25-31-26(35-32-25)24-16-33(17-28-24)15-20-10-12-22(13-11-20)29-27(34)30-23-9-4-3-7-19(23)2/h3-14,16-17H,15H2,1-2H3,(H2,29,30,34). The molecule has 8 nitrogen and oxygen atoms in total. The quantitative estimate of drug-likeness (QED) is 0.326. The Balaban J connectivity index is 1.21. The first-order valence-corrected chi connectivity index (χ1v) is 11.2. The zero-order chi connectivity index (χ0) is 24.2. The first-order valence-electron chi connectivity index (χ1n) is 11.2. The molecule has 2 N–H and O–H groups in total. The van der Waals surface area contributed by atoms with E-state index in [0.717, 1.165) is 27.9 Å². The molecule has 35 heavy (non-hydrogen) atoms. The maximum Gasteiger partial charge on any atom is 0.323 e. The number of imidazole rings is 1. The lowest BCUT2D eigenvalue weighted by Gasteiger charge is -2.10. The highest BCUT2D eigenvalue weighted by molar-refractivity contribution is 6.00. The summed E-state index contributed by atoms with van der Waals surface area (Å²) in [6, 6.07) is 23.0. The zero-order valence-electron chi connectivity index (χ0n) is 19.4. The summed E-state index contributed by atoms with van der Waals surface area (Å²) in [7, 11) is 0. The van der Waals surface area contributed by atoms with Gasteiger partial charge in [0.1, 0.15) is 5.69 Å². The molecule has 3 aromatic carbocycles. The molecule has 0 atom stereocenters. The maximum atomic E-state index is 12.3. The van der Waals surface area contributed by atoms with Gasteiger partial charge in [0.25, 0.3) is 5.89 Å². The second kappa shape index (κ2) is 9.64. The normalized spacial score (nSPS) is 10.8. The SMILES string of the molecule is Cc1cccc(-c2noc(-c3cn(Cc4ccc(NC(=O)Nc5ccccc5C)cc4)cn3)n2)c1. The minimum atomic E-state index is -0.282. The van der Waals surface area contributed by atoms with E-state index in [0.29, 0.717) is 29.6 Å². The molecule has 0 fully saturated rings. The third kappa shape index (κ3) is 5.27. The molecule has 2 amide bonds. The second-order valence-corrected chi connectivity index (χ2v) is 8.31. The molecule has 0 aliphatic heterocycles. The van der Waals surface area contributed by atoms with E-state index in [4.69, 9.17) is 4.52 Å². The van der Waals surface area contributed by atoms with Gasteiger partial charge in [0.2, 0.25) is 5.82 Å². The van der Waals surface area contributed by atoms with Gasteiger partial charge in [-0.25, -0.2) is 9.78 Å².